The van der Waals surface area contributed by atoms with E-state index < -0.39 is 0 Å². The van der Waals surface area contributed by atoms with E-state index in [9.17, 15) is 4.79 Å². The number of rotatable bonds is 1. The van der Waals surface area contributed by atoms with E-state index in [1.54, 1.807) is 6.92 Å². The number of nitrogens with zero attached hydrogens (tertiary/aromatic N) is 1. The van der Waals surface area contributed by atoms with Crippen LogP contribution in [0.25, 0.3) is 0 Å². The van der Waals surface area contributed by atoms with Crippen LogP contribution in [-0.4, -0.2) is 29.2 Å². The molecule has 0 bridgehead atoms. The molecule has 0 unspecified atom stereocenters. The van der Waals surface area contributed by atoms with Crippen molar-refractivity contribution in [1.82, 2.24) is 10.2 Å². The fraction of sp³-hybridized carbons (Fsp3) is 0.556. The maximum Gasteiger partial charge on any atom is 0.180 e. The molecule has 1 aliphatic heterocycles. The molecular weight excluding hydrogens is 168 g/mol. The highest BCUT2D eigenvalue weighted by Crippen LogP contribution is 2.16. The molecule has 1 aliphatic rings. The van der Waals surface area contributed by atoms with Crippen LogP contribution >= 0.6 is 0 Å². The van der Waals surface area contributed by atoms with Gasteiger partial charge in [-0.15, -0.1) is 0 Å². The number of hydrogen-bond donors (Lipinski definition) is 1. The Morgan fingerprint density at radius 3 is 3.00 bits per heavy atom. The maximum atomic E-state index is 11.2. The Hall–Kier alpha value is -1.16. The molecule has 0 saturated heterocycles. The van der Waals surface area contributed by atoms with Gasteiger partial charge in [0.2, 0.25) is 0 Å². The third kappa shape index (κ3) is 1.49. The molecule has 0 aliphatic carbocycles. The number of aromatic nitrogens is 2. The van der Waals surface area contributed by atoms with E-state index in [2.05, 4.69) is 10.2 Å². The first-order valence-electron chi connectivity index (χ1n) is 4.44. The minimum absolute atomic E-state index is 0.0272. The lowest BCUT2D eigenvalue weighted by Gasteiger charge is -1.96. The Labute approximate surface area is 76.3 Å². The molecular formula is C9H12N2O2. The molecule has 70 valence electrons. The van der Waals surface area contributed by atoms with Gasteiger partial charge in [0.25, 0.3) is 0 Å². The molecule has 2 heterocycles. The maximum absolute atomic E-state index is 11.2. The highest BCUT2D eigenvalue weighted by Gasteiger charge is 2.17. The molecule has 1 aromatic heterocycles. The fourth-order valence-corrected chi connectivity index (χ4v) is 1.62. The van der Waals surface area contributed by atoms with Crippen LogP contribution in [0.1, 0.15) is 28.7 Å². The van der Waals surface area contributed by atoms with E-state index in [1.165, 1.54) is 0 Å². The number of carbonyl (C=O) groups is 1. The summed E-state index contributed by atoms with van der Waals surface area (Å²) < 4.78 is 5.31. The predicted octanol–water partition coefficient (Wildman–Crippen LogP) is 0.728. The largest absolute Gasteiger partial charge is 0.381 e. The van der Waals surface area contributed by atoms with Crippen molar-refractivity contribution in [3.8, 4) is 0 Å². The number of nitrogens with one attached hydrogen (secondary N) is 1. The number of Topliss-reactive ketones (excluding diaryl/α,β-unsaturated/α-hetero) is 1. The quantitative estimate of drug-likeness (QED) is 0.648. The Morgan fingerprint density at radius 1 is 1.46 bits per heavy atom. The van der Waals surface area contributed by atoms with Crippen LogP contribution in [0.2, 0.25) is 0 Å². The average Bonchev–Trinajstić information content (AvgIpc) is 2.36. The topological polar surface area (TPSA) is 55.0 Å². The van der Waals surface area contributed by atoms with Gasteiger partial charge < -0.3 is 4.74 Å². The third-order valence-electron chi connectivity index (χ3n) is 2.28. The molecule has 13 heavy (non-hydrogen) atoms. The smallest absolute Gasteiger partial charge is 0.180 e. The molecule has 0 amide bonds. The highest BCUT2D eigenvalue weighted by atomic mass is 16.5. The van der Waals surface area contributed by atoms with Gasteiger partial charge in [-0.25, -0.2) is 0 Å². The van der Waals surface area contributed by atoms with Crippen molar-refractivity contribution < 1.29 is 9.53 Å². The molecule has 0 saturated carbocycles. The van der Waals surface area contributed by atoms with Gasteiger partial charge in [0, 0.05) is 24.6 Å². The molecule has 0 aromatic carbocycles. The van der Waals surface area contributed by atoms with Crippen LogP contribution in [0.5, 0.6) is 0 Å². The molecule has 4 nitrogen and oxygen atoms in total. The second-order valence-corrected chi connectivity index (χ2v) is 3.20. The molecule has 0 spiro atoms. The van der Waals surface area contributed by atoms with Crippen LogP contribution in [0.3, 0.4) is 0 Å². The van der Waals surface area contributed by atoms with E-state index in [4.69, 9.17) is 4.74 Å². The van der Waals surface area contributed by atoms with Crippen molar-refractivity contribution in [2.75, 3.05) is 13.2 Å². The van der Waals surface area contributed by atoms with Gasteiger partial charge in [-0.3, -0.25) is 9.89 Å². The first-order valence-corrected chi connectivity index (χ1v) is 4.44. The summed E-state index contributed by atoms with van der Waals surface area (Å²) in [4.78, 5) is 11.2. The number of ether oxygens (including phenoxy) is 1. The zero-order valence-electron chi connectivity index (χ0n) is 7.59. The highest BCUT2D eigenvalue weighted by molar-refractivity contribution is 5.93. The van der Waals surface area contributed by atoms with Gasteiger partial charge in [-0.05, 0) is 6.42 Å². The number of aromatic amines is 1. The van der Waals surface area contributed by atoms with Gasteiger partial charge in [0.05, 0.1) is 13.2 Å². The summed E-state index contributed by atoms with van der Waals surface area (Å²) >= 11 is 0. The zero-order valence-corrected chi connectivity index (χ0v) is 7.59. The summed E-state index contributed by atoms with van der Waals surface area (Å²) in [6, 6.07) is 0. The molecule has 0 fully saturated rings. The summed E-state index contributed by atoms with van der Waals surface area (Å²) in [5.41, 5.74) is 2.69. The van der Waals surface area contributed by atoms with Crippen LogP contribution in [0.15, 0.2) is 0 Å². The Morgan fingerprint density at radius 2 is 2.23 bits per heavy atom. The van der Waals surface area contributed by atoms with E-state index in [0.29, 0.717) is 18.9 Å². The van der Waals surface area contributed by atoms with Crippen molar-refractivity contribution in [3.05, 3.63) is 17.0 Å². The lowest BCUT2D eigenvalue weighted by Crippen LogP contribution is -2.01. The second-order valence-electron chi connectivity index (χ2n) is 3.20. The minimum atomic E-state index is 0.0272. The average molecular weight is 180 g/mol. The van der Waals surface area contributed by atoms with Gasteiger partial charge in [0.15, 0.2) is 5.78 Å². The van der Waals surface area contributed by atoms with Crippen LogP contribution in [-0.2, 0) is 17.6 Å². The van der Waals surface area contributed by atoms with Crippen LogP contribution < -0.4 is 0 Å². The lowest BCUT2D eigenvalue weighted by atomic mass is 10.1. The molecule has 1 N–H and O–H groups in total. The Balaban J connectivity index is 2.39. The molecule has 1 aromatic rings. The predicted molar refractivity (Wildman–Crippen MR) is 46.8 cm³/mol. The molecule has 0 atom stereocenters. The van der Waals surface area contributed by atoms with Crippen molar-refractivity contribution in [2.45, 2.75) is 19.8 Å². The number of H-pyrrole nitrogens is 1. The number of hydrogen-bond acceptors (Lipinski definition) is 3. The van der Waals surface area contributed by atoms with Crippen molar-refractivity contribution >= 4 is 5.78 Å². The molecule has 4 heteroatoms. The summed E-state index contributed by atoms with van der Waals surface area (Å²) in [7, 11) is 0. The standard InChI is InChI=1S/C9H12N2O2/c1-6(12)9-7-2-4-13-5-3-8(7)10-11-9/h2-5H2,1H3,(H,10,11). The van der Waals surface area contributed by atoms with Gasteiger partial charge in [-0.1, -0.05) is 0 Å². The first kappa shape index (κ1) is 8.44. The fourth-order valence-electron chi connectivity index (χ4n) is 1.62. The number of ketones is 1. The summed E-state index contributed by atoms with van der Waals surface area (Å²) in [5.74, 6) is 0.0272. The SMILES string of the molecule is CC(=O)c1n[nH]c2c1CCOCC2. The summed E-state index contributed by atoms with van der Waals surface area (Å²) in [6.45, 7) is 2.95. The molecule has 2 rings (SSSR count). The van der Waals surface area contributed by atoms with E-state index in [0.717, 1.165) is 24.1 Å². The first-order chi connectivity index (χ1) is 6.29. The zero-order chi connectivity index (χ0) is 9.26. The Kier molecular flexibility index (Phi) is 2.14. The summed E-state index contributed by atoms with van der Waals surface area (Å²) in [6.07, 6.45) is 1.62. The van der Waals surface area contributed by atoms with E-state index in [-0.39, 0.29) is 5.78 Å². The number of carbonyl (C=O) groups excluding carboxylic acids is 1. The van der Waals surface area contributed by atoms with Crippen LogP contribution in [0, 0.1) is 0 Å². The van der Waals surface area contributed by atoms with Crippen molar-refractivity contribution in [3.63, 3.8) is 0 Å². The van der Waals surface area contributed by atoms with Gasteiger partial charge >= 0.3 is 0 Å². The van der Waals surface area contributed by atoms with Crippen LogP contribution in [0.4, 0.5) is 0 Å². The second kappa shape index (κ2) is 3.30. The monoisotopic (exact) mass is 180 g/mol. The number of fused-ring (bicyclic) bond motifs is 1. The molecule has 0 radical (unpaired) electrons. The third-order valence-corrected chi connectivity index (χ3v) is 2.28. The van der Waals surface area contributed by atoms with Gasteiger partial charge in [-0.2, -0.15) is 5.10 Å². The Bertz CT molecular complexity index is 330. The lowest BCUT2D eigenvalue weighted by molar-refractivity contribution is 0.101. The van der Waals surface area contributed by atoms with Crippen molar-refractivity contribution in [2.24, 2.45) is 0 Å². The van der Waals surface area contributed by atoms with E-state index >= 15 is 0 Å². The normalized spacial score (nSPS) is 16.4. The van der Waals surface area contributed by atoms with Crippen molar-refractivity contribution in [1.29, 1.82) is 0 Å². The minimum Gasteiger partial charge on any atom is -0.381 e. The van der Waals surface area contributed by atoms with E-state index in [1.807, 2.05) is 0 Å². The summed E-state index contributed by atoms with van der Waals surface area (Å²) in [5, 5.41) is 6.91. The van der Waals surface area contributed by atoms with Gasteiger partial charge in [0.1, 0.15) is 5.69 Å².